The van der Waals surface area contributed by atoms with E-state index in [-0.39, 0.29) is 5.92 Å². The lowest BCUT2D eigenvalue weighted by atomic mass is 10.1. The molecular weight excluding hydrogens is 260 g/mol. The SMILES string of the molecule is Cc1ccc(Oc2cc(Cl)nc(C(C)C)n2)c(C)c1. The highest BCUT2D eigenvalue weighted by Crippen LogP contribution is 2.26. The fourth-order valence-corrected chi connectivity index (χ4v) is 1.93. The van der Waals surface area contributed by atoms with Crippen molar-refractivity contribution in [2.24, 2.45) is 0 Å². The molecule has 0 aliphatic rings. The maximum atomic E-state index is 5.99. The van der Waals surface area contributed by atoms with Gasteiger partial charge in [0.05, 0.1) is 0 Å². The van der Waals surface area contributed by atoms with Crippen LogP contribution in [0.4, 0.5) is 0 Å². The molecule has 100 valence electrons. The molecule has 0 N–H and O–H groups in total. The fraction of sp³-hybridized carbons (Fsp3) is 0.333. The number of benzene rings is 1. The fourth-order valence-electron chi connectivity index (χ4n) is 1.75. The number of halogens is 1. The smallest absolute Gasteiger partial charge is 0.224 e. The van der Waals surface area contributed by atoms with Crippen LogP contribution < -0.4 is 4.74 Å². The zero-order chi connectivity index (χ0) is 14.0. The van der Waals surface area contributed by atoms with Crippen molar-refractivity contribution in [1.82, 2.24) is 9.97 Å². The summed E-state index contributed by atoms with van der Waals surface area (Å²) in [4.78, 5) is 8.56. The van der Waals surface area contributed by atoms with Gasteiger partial charge in [0.25, 0.3) is 0 Å². The molecule has 2 rings (SSSR count). The van der Waals surface area contributed by atoms with Crippen molar-refractivity contribution < 1.29 is 4.74 Å². The molecule has 4 heteroatoms. The van der Waals surface area contributed by atoms with E-state index in [9.17, 15) is 0 Å². The van der Waals surface area contributed by atoms with E-state index in [4.69, 9.17) is 16.3 Å². The summed E-state index contributed by atoms with van der Waals surface area (Å²) in [5.74, 6) is 2.16. The second-order valence-corrected chi connectivity index (χ2v) is 5.30. The van der Waals surface area contributed by atoms with Gasteiger partial charge in [-0.05, 0) is 25.5 Å². The van der Waals surface area contributed by atoms with E-state index in [2.05, 4.69) is 23.0 Å². The molecule has 1 aromatic carbocycles. The summed E-state index contributed by atoms with van der Waals surface area (Å²) in [5, 5.41) is 0.401. The van der Waals surface area contributed by atoms with Crippen molar-refractivity contribution in [3.8, 4) is 11.6 Å². The van der Waals surface area contributed by atoms with Crippen LogP contribution in [0.15, 0.2) is 24.3 Å². The maximum absolute atomic E-state index is 5.99. The molecular formula is C15H17ClN2O. The summed E-state index contributed by atoms with van der Waals surface area (Å²) in [7, 11) is 0. The standard InChI is InChI=1S/C15H17ClN2O/c1-9(2)15-17-13(16)8-14(18-15)19-12-6-5-10(3)7-11(12)4/h5-9H,1-4H3. The predicted octanol–water partition coefficient (Wildman–Crippen LogP) is 4.66. The lowest BCUT2D eigenvalue weighted by Crippen LogP contribution is -2.00. The first-order valence-electron chi connectivity index (χ1n) is 6.25. The maximum Gasteiger partial charge on any atom is 0.224 e. The Morgan fingerprint density at radius 1 is 1.11 bits per heavy atom. The van der Waals surface area contributed by atoms with E-state index in [1.54, 1.807) is 6.07 Å². The summed E-state index contributed by atoms with van der Waals surface area (Å²) < 4.78 is 5.80. The van der Waals surface area contributed by atoms with Gasteiger partial charge in [0.15, 0.2) is 0 Å². The monoisotopic (exact) mass is 276 g/mol. The van der Waals surface area contributed by atoms with Gasteiger partial charge in [-0.1, -0.05) is 43.1 Å². The summed E-state index contributed by atoms with van der Waals surface area (Å²) in [5.41, 5.74) is 2.27. The molecule has 0 amide bonds. The topological polar surface area (TPSA) is 35.0 Å². The van der Waals surface area contributed by atoms with Gasteiger partial charge >= 0.3 is 0 Å². The number of aryl methyl sites for hydroxylation is 2. The minimum Gasteiger partial charge on any atom is -0.439 e. The second kappa shape index (κ2) is 5.57. The van der Waals surface area contributed by atoms with Crippen molar-refractivity contribution >= 4 is 11.6 Å². The highest BCUT2D eigenvalue weighted by Gasteiger charge is 2.09. The Morgan fingerprint density at radius 3 is 2.47 bits per heavy atom. The highest BCUT2D eigenvalue weighted by atomic mass is 35.5. The van der Waals surface area contributed by atoms with Crippen molar-refractivity contribution in [2.45, 2.75) is 33.6 Å². The van der Waals surface area contributed by atoms with Gasteiger partial charge in [0.2, 0.25) is 5.88 Å². The minimum absolute atomic E-state index is 0.208. The number of nitrogens with zero attached hydrogens (tertiary/aromatic N) is 2. The molecule has 3 nitrogen and oxygen atoms in total. The van der Waals surface area contributed by atoms with Crippen molar-refractivity contribution in [1.29, 1.82) is 0 Å². The predicted molar refractivity (Wildman–Crippen MR) is 77.1 cm³/mol. The van der Waals surface area contributed by atoms with Crippen molar-refractivity contribution in [3.05, 3.63) is 46.4 Å². The van der Waals surface area contributed by atoms with Gasteiger partial charge in [0, 0.05) is 12.0 Å². The first-order chi connectivity index (χ1) is 8.95. The number of rotatable bonds is 3. The Morgan fingerprint density at radius 2 is 1.84 bits per heavy atom. The molecule has 2 aromatic rings. The van der Waals surface area contributed by atoms with Gasteiger partial charge in [0.1, 0.15) is 16.7 Å². The molecule has 1 aromatic heterocycles. The molecule has 0 fully saturated rings. The van der Waals surface area contributed by atoms with Crippen LogP contribution >= 0.6 is 11.6 Å². The van der Waals surface area contributed by atoms with Crippen LogP contribution in [0.25, 0.3) is 0 Å². The van der Waals surface area contributed by atoms with Gasteiger partial charge in [-0.25, -0.2) is 4.98 Å². The van der Waals surface area contributed by atoms with Crippen LogP contribution in [0.5, 0.6) is 11.6 Å². The summed E-state index contributed by atoms with van der Waals surface area (Å²) in [6, 6.07) is 7.65. The van der Waals surface area contributed by atoms with E-state index >= 15 is 0 Å². The van der Waals surface area contributed by atoms with Gasteiger partial charge in [-0.15, -0.1) is 0 Å². The molecule has 19 heavy (non-hydrogen) atoms. The number of hydrogen-bond donors (Lipinski definition) is 0. The number of aromatic nitrogens is 2. The molecule has 0 saturated carbocycles. The van der Waals surface area contributed by atoms with E-state index in [0.717, 1.165) is 11.3 Å². The largest absolute Gasteiger partial charge is 0.439 e. The van der Waals surface area contributed by atoms with Crippen molar-refractivity contribution in [2.75, 3.05) is 0 Å². The molecule has 0 bridgehead atoms. The Bertz CT molecular complexity index is 597. The van der Waals surface area contributed by atoms with Gasteiger partial charge in [-0.2, -0.15) is 4.98 Å². The normalized spacial score (nSPS) is 10.8. The van der Waals surface area contributed by atoms with Crippen molar-refractivity contribution in [3.63, 3.8) is 0 Å². The first kappa shape index (κ1) is 13.8. The van der Waals surface area contributed by atoms with Gasteiger partial charge in [-0.3, -0.25) is 0 Å². The van der Waals surface area contributed by atoms with E-state index in [1.165, 1.54) is 5.56 Å². The summed E-state index contributed by atoms with van der Waals surface area (Å²) >= 11 is 5.99. The van der Waals surface area contributed by atoms with Crippen LogP contribution in [0, 0.1) is 13.8 Å². The second-order valence-electron chi connectivity index (χ2n) is 4.91. The quantitative estimate of drug-likeness (QED) is 0.765. The number of ether oxygens (including phenoxy) is 1. The molecule has 0 aliphatic heterocycles. The molecule has 0 unspecified atom stereocenters. The first-order valence-corrected chi connectivity index (χ1v) is 6.63. The Balaban J connectivity index is 2.32. The molecule has 1 heterocycles. The van der Waals surface area contributed by atoms with E-state index in [1.807, 2.05) is 32.9 Å². The van der Waals surface area contributed by atoms with Crippen LogP contribution in [0.1, 0.15) is 36.7 Å². The Labute approximate surface area is 118 Å². The van der Waals surface area contributed by atoms with E-state index < -0.39 is 0 Å². The molecule has 0 saturated heterocycles. The molecule has 0 atom stereocenters. The number of hydrogen-bond acceptors (Lipinski definition) is 3. The van der Waals surface area contributed by atoms with Gasteiger partial charge < -0.3 is 4.74 Å². The average molecular weight is 277 g/mol. The third kappa shape index (κ3) is 3.44. The van der Waals surface area contributed by atoms with E-state index in [0.29, 0.717) is 16.9 Å². The zero-order valence-electron chi connectivity index (χ0n) is 11.6. The lowest BCUT2D eigenvalue weighted by Gasteiger charge is -2.11. The molecule has 0 radical (unpaired) electrons. The molecule has 0 spiro atoms. The Kier molecular flexibility index (Phi) is 4.05. The van der Waals surface area contributed by atoms with Crippen LogP contribution in [-0.2, 0) is 0 Å². The lowest BCUT2D eigenvalue weighted by molar-refractivity contribution is 0.453. The van der Waals surface area contributed by atoms with Crippen LogP contribution in [0.3, 0.4) is 0 Å². The van der Waals surface area contributed by atoms with Crippen LogP contribution in [-0.4, -0.2) is 9.97 Å². The minimum atomic E-state index is 0.208. The highest BCUT2D eigenvalue weighted by molar-refractivity contribution is 6.29. The summed E-state index contributed by atoms with van der Waals surface area (Å²) in [6.45, 7) is 8.10. The summed E-state index contributed by atoms with van der Waals surface area (Å²) in [6.07, 6.45) is 0. The zero-order valence-corrected chi connectivity index (χ0v) is 12.3. The Hall–Kier alpha value is -1.61. The average Bonchev–Trinajstić information content (AvgIpc) is 2.32. The third-order valence-corrected chi connectivity index (χ3v) is 2.94. The van der Waals surface area contributed by atoms with Crippen LogP contribution in [0.2, 0.25) is 5.15 Å². The molecule has 0 aliphatic carbocycles. The third-order valence-electron chi connectivity index (χ3n) is 2.75.